The van der Waals surface area contributed by atoms with E-state index in [0.29, 0.717) is 28.8 Å². The number of carbonyl (C=O) groups is 2. The molecule has 0 aromatic heterocycles. The Morgan fingerprint density at radius 1 is 1.38 bits per heavy atom. The van der Waals surface area contributed by atoms with Crippen LogP contribution in [0.5, 0.6) is 0 Å². The summed E-state index contributed by atoms with van der Waals surface area (Å²) in [5, 5.41) is 6.82. The van der Waals surface area contributed by atoms with Gasteiger partial charge in [-0.25, -0.2) is 0 Å². The predicted molar refractivity (Wildman–Crippen MR) is 95.0 cm³/mol. The number of piperidine rings is 1. The fourth-order valence-corrected chi connectivity index (χ4v) is 4.49. The third-order valence-corrected chi connectivity index (χ3v) is 5.62. The number of hydrogen-bond donors (Lipinski definition) is 2. The molecule has 4 atom stereocenters. The van der Waals surface area contributed by atoms with Gasteiger partial charge in [0.2, 0.25) is 5.91 Å². The number of rotatable bonds is 4. The molecule has 2 fully saturated rings. The number of amides is 2. The van der Waals surface area contributed by atoms with E-state index in [1.165, 1.54) is 0 Å². The van der Waals surface area contributed by atoms with Gasteiger partial charge in [0, 0.05) is 29.1 Å². The fourth-order valence-electron chi connectivity index (χ4n) is 4.30. The molecule has 1 aromatic carbocycles. The van der Waals surface area contributed by atoms with Crippen molar-refractivity contribution in [1.82, 2.24) is 10.6 Å². The van der Waals surface area contributed by atoms with Crippen molar-refractivity contribution in [3.8, 4) is 0 Å². The molecule has 4 nitrogen and oxygen atoms in total. The van der Waals surface area contributed by atoms with Crippen molar-refractivity contribution in [2.75, 3.05) is 0 Å². The molecule has 24 heavy (non-hydrogen) atoms. The van der Waals surface area contributed by atoms with E-state index >= 15 is 0 Å². The van der Waals surface area contributed by atoms with Gasteiger partial charge in [-0.2, -0.15) is 0 Å². The van der Waals surface area contributed by atoms with Gasteiger partial charge < -0.3 is 10.6 Å². The summed E-state index contributed by atoms with van der Waals surface area (Å²) in [6, 6.07) is 7.30. The topological polar surface area (TPSA) is 58.2 Å². The molecule has 1 aliphatic carbocycles. The predicted octanol–water partition coefficient (Wildman–Crippen LogP) is 3.54. The summed E-state index contributed by atoms with van der Waals surface area (Å²) in [5.41, 5.74) is 0.584. The molecule has 1 saturated carbocycles. The van der Waals surface area contributed by atoms with Crippen molar-refractivity contribution in [3.63, 3.8) is 0 Å². The lowest BCUT2D eigenvalue weighted by molar-refractivity contribution is -0.127. The zero-order chi connectivity index (χ0) is 17.1. The van der Waals surface area contributed by atoms with Crippen molar-refractivity contribution < 1.29 is 9.59 Å². The minimum atomic E-state index is -0.0896. The SMILES string of the molecule is CCCC1CC(=O)NC2CC(NC(=O)c3cccc(Cl)c3)CCC12. The number of nitrogens with one attached hydrogen (secondary N) is 2. The molecule has 0 bridgehead atoms. The Kier molecular flexibility index (Phi) is 5.44. The number of carbonyl (C=O) groups excluding carboxylic acids is 2. The van der Waals surface area contributed by atoms with E-state index in [0.717, 1.165) is 32.1 Å². The molecular formula is C19H25ClN2O2. The summed E-state index contributed by atoms with van der Waals surface area (Å²) in [5.74, 6) is 1.13. The van der Waals surface area contributed by atoms with Crippen LogP contribution in [-0.2, 0) is 4.79 Å². The first-order valence-electron chi connectivity index (χ1n) is 8.92. The van der Waals surface area contributed by atoms with Gasteiger partial charge in [-0.05, 0) is 55.7 Å². The summed E-state index contributed by atoms with van der Waals surface area (Å²) >= 11 is 5.96. The normalized spacial score (nSPS) is 29.5. The van der Waals surface area contributed by atoms with Crippen LogP contribution in [0.4, 0.5) is 0 Å². The van der Waals surface area contributed by atoms with Gasteiger partial charge in [0.15, 0.2) is 0 Å². The summed E-state index contributed by atoms with van der Waals surface area (Å²) in [6.07, 6.45) is 5.77. The molecule has 2 amide bonds. The Morgan fingerprint density at radius 2 is 2.21 bits per heavy atom. The van der Waals surface area contributed by atoms with Gasteiger partial charge in [0.05, 0.1) is 0 Å². The molecule has 1 aromatic rings. The van der Waals surface area contributed by atoms with Crippen LogP contribution in [-0.4, -0.2) is 23.9 Å². The molecule has 5 heteroatoms. The summed E-state index contributed by atoms with van der Waals surface area (Å²) in [4.78, 5) is 24.4. The van der Waals surface area contributed by atoms with Gasteiger partial charge in [-0.15, -0.1) is 0 Å². The lowest BCUT2D eigenvalue weighted by Crippen LogP contribution is -2.55. The Hall–Kier alpha value is -1.55. The standard InChI is InChI=1S/C19H25ClN2O2/c1-2-4-12-10-18(23)22-17-11-15(7-8-16(12)17)21-19(24)13-5-3-6-14(20)9-13/h3,5-6,9,12,15-17H,2,4,7-8,10-11H2,1H3,(H,21,24)(H,22,23). The van der Waals surface area contributed by atoms with Crippen LogP contribution in [0.3, 0.4) is 0 Å². The van der Waals surface area contributed by atoms with E-state index in [-0.39, 0.29) is 23.9 Å². The quantitative estimate of drug-likeness (QED) is 0.874. The fraction of sp³-hybridized carbons (Fsp3) is 0.579. The van der Waals surface area contributed by atoms with Crippen molar-refractivity contribution in [2.24, 2.45) is 11.8 Å². The van der Waals surface area contributed by atoms with Crippen molar-refractivity contribution >= 4 is 23.4 Å². The van der Waals surface area contributed by atoms with E-state index in [9.17, 15) is 9.59 Å². The Balaban J connectivity index is 1.62. The maximum absolute atomic E-state index is 12.4. The second kappa shape index (κ2) is 7.56. The molecule has 1 saturated heterocycles. The number of hydrogen-bond acceptors (Lipinski definition) is 2. The van der Waals surface area contributed by atoms with Gasteiger partial charge >= 0.3 is 0 Å². The van der Waals surface area contributed by atoms with E-state index in [1.54, 1.807) is 24.3 Å². The number of benzene rings is 1. The highest BCUT2D eigenvalue weighted by Crippen LogP contribution is 2.37. The first-order valence-corrected chi connectivity index (χ1v) is 9.30. The Morgan fingerprint density at radius 3 is 2.96 bits per heavy atom. The third-order valence-electron chi connectivity index (χ3n) is 5.38. The van der Waals surface area contributed by atoms with Crippen molar-refractivity contribution in [2.45, 2.75) is 57.5 Å². The summed E-state index contributed by atoms with van der Waals surface area (Å²) < 4.78 is 0. The smallest absolute Gasteiger partial charge is 0.251 e. The zero-order valence-corrected chi connectivity index (χ0v) is 14.8. The van der Waals surface area contributed by atoms with E-state index in [2.05, 4.69) is 17.6 Å². The summed E-state index contributed by atoms with van der Waals surface area (Å²) in [7, 11) is 0. The van der Waals surface area contributed by atoms with Gasteiger partial charge in [0.1, 0.15) is 0 Å². The van der Waals surface area contributed by atoms with Crippen LogP contribution in [0.1, 0.15) is 55.8 Å². The van der Waals surface area contributed by atoms with Crippen LogP contribution in [0.2, 0.25) is 5.02 Å². The first kappa shape index (κ1) is 17.3. The molecule has 130 valence electrons. The van der Waals surface area contributed by atoms with Crippen LogP contribution in [0, 0.1) is 11.8 Å². The highest BCUT2D eigenvalue weighted by atomic mass is 35.5. The molecule has 4 unspecified atom stereocenters. The lowest BCUT2D eigenvalue weighted by Gasteiger charge is -2.44. The molecule has 2 N–H and O–H groups in total. The highest BCUT2D eigenvalue weighted by molar-refractivity contribution is 6.30. The van der Waals surface area contributed by atoms with Gasteiger partial charge in [0.25, 0.3) is 5.91 Å². The molecule has 1 aliphatic heterocycles. The monoisotopic (exact) mass is 348 g/mol. The minimum Gasteiger partial charge on any atom is -0.353 e. The Bertz CT molecular complexity index is 619. The lowest BCUT2D eigenvalue weighted by atomic mass is 9.70. The molecule has 3 rings (SSSR count). The number of halogens is 1. The third kappa shape index (κ3) is 3.92. The molecular weight excluding hydrogens is 324 g/mol. The van der Waals surface area contributed by atoms with Crippen LogP contribution in [0.15, 0.2) is 24.3 Å². The molecule has 2 aliphatic rings. The maximum Gasteiger partial charge on any atom is 0.251 e. The van der Waals surface area contributed by atoms with Crippen LogP contribution >= 0.6 is 11.6 Å². The van der Waals surface area contributed by atoms with Crippen LogP contribution in [0.25, 0.3) is 0 Å². The van der Waals surface area contributed by atoms with Crippen molar-refractivity contribution in [3.05, 3.63) is 34.9 Å². The highest BCUT2D eigenvalue weighted by Gasteiger charge is 2.40. The number of fused-ring (bicyclic) bond motifs is 1. The molecule has 0 spiro atoms. The van der Waals surface area contributed by atoms with Gasteiger partial charge in [-0.1, -0.05) is 31.0 Å². The first-order chi connectivity index (χ1) is 11.6. The zero-order valence-electron chi connectivity index (χ0n) is 14.1. The van der Waals surface area contributed by atoms with Crippen LogP contribution < -0.4 is 10.6 Å². The maximum atomic E-state index is 12.4. The van der Waals surface area contributed by atoms with E-state index in [1.807, 2.05) is 0 Å². The second-order valence-electron chi connectivity index (χ2n) is 7.08. The summed E-state index contributed by atoms with van der Waals surface area (Å²) in [6.45, 7) is 2.18. The minimum absolute atomic E-state index is 0.0896. The molecule has 0 radical (unpaired) electrons. The van der Waals surface area contributed by atoms with E-state index in [4.69, 9.17) is 11.6 Å². The largest absolute Gasteiger partial charge is 0.353 e. The van der Waals surface area contributed by atoms with E-state index < -0.39 is 0 Å². The Labute approximate surface area is 148 Å². The average molecular weight is 349 g/mol. The second-order valence-corrected chi connectivity index (χ2v) is 7.52. The molecule has 1 heterocycles. The average Bonchev–Trinajstić information content (AvgIpc) is 2.54. The van der Waals surface area contributed by atoms with Gasteiger partial charge in [-0.3, -0.25) is 9.59 Å². The van der Waals surface area contributed by atoms with Crippen molar-refractivity contribution in [1.29, 1.82) is 0 Å².